The molecule has 0 aliphatic rings. The van der Waals surface area contributed by atoms with Gasteiger partial charge >= 0.3 is 0 Å². The minimum atomic E-state index is -2.55. The van der Waals surface area contributed by atoms with E-state index in [-0.39, 0.29) is 0 Å². The van der Waals surface area contributed by atoms with Crippen LogP contribution in [0.25, 0.3) is 0 Å². The molecule has 0 amide bonds. The summed E-state index contributed by atoms with van der Waals surface area (Å²) in [6.45, 7) is 1.72. The Labute approximate surface area is 81.7 Å². The molecule has 0 spiro atoms. The standard InChI is InChI=1S/C10H13F2NO/c1-6-7(9(13)10(11)12)4-3-5-8(6)14-2/h3-5,9-10H,13H2,1-2H3. The minimum Gasteiger partial charge on any atom is -0.496 e. The summed E-state index contributed by atoms with van der Waals surface area (Å²) in [5, 5.41) is 0. The van der Waals surface area contributed by atoms with Crippen LogP contribution < -0.4 is 10.5 Å². The lowest BCUT2D eigenvalue weighted by Crippen LogP contribution is -2.20. The highest BCUT2D eigenvalue weighted by molar-refractivity contribution is 5.40. The maximum atomic E-state index is 12.4. The molecule has 0 fully saturated rings. The van der Waals surface area contributed by atoms with E-state index in [0.29, 0.717) is 16.9 Å². The summed E-state index contributed by atoms with van der Waals surface area (Å²) in [6.07, 6.45) is -2.55. The Morgan fingerprint density at radius 3 is 2.50 bits per heavy atom. The van der Waals surface area contributed by atoms with Gasteiger partial charge in [-0.25, -0.2) is 8.78 Å². The van der Waals surface area contributed by atoms with E-state index < -0.39 is 12.5 Å². The monoisotopic (exact) mass is 201 g/mol. The molecule has 0 radical (unpaired) electrons. The minimum absolute atomic E-state index is 0.430. The third-order valence-corrected chi connectivity index (χ3v) is 2.18. The molecule has 78 valence electrons. The summed E-state index contributed by atoms with van der Waals surface area (Å²) >= 11 is 0. The van der Waals surface area contributed by atoms with Crippen LogP contribution in [0.15, 0.2) is 18.2 Å². The largest absolute Gasteiger partial charge is 0.496 e. The average molecular weight is 201 g/mol. The van der Waals surface area contributed by atoms with Gasteiger partial charge in [0.25, 0.3) is 6.43 Å². The quantitative estimate of drug-likeness (QED) is 0.814. The first-order valence-electron chi connectivity index (χ1n) is 4.25. The lowest BCUT2D eigenvalue weighted by molar-refractivity contribution is 0.116. The Balaban J connectivity index is 3.09. The van der Waals surface area contributed by atoms with Crippen LogP contribution in [0.3, 0.4) is 0 Å². The molecule has 1 atom stereocenters. The fourth-order valence-corrected chi connectivity index (χ4v) is 1.35. The van der Waals surface area contributed by atoms with Gasteiger partial charge in [0.05, 0.1) is 13.2 Å². The zero-order chi connectivity index (χ0) is 10.7. The first-order valence-corrected chi connectivity index (χ1v) is 4.25. The zero-order valence-corrected chi connectivity index (χ0v) is 8.13. The second-order valence-electron chi connectivity index (χ2n) is 3.03. The predicted octanol–water partition coefficient (Wildman–Crippen LogP) is 2.27. The lowest BCUT2D eigenvalue weighted by Gasteiger charge is -2.15. The molecule has 14 heavy (non-hydrogen) atoms. The normalized spacial score (nSPS) is 13.0. The summed E-state index contributed by atoms with van der Waals surface area (Å²) in [7, 11) is 1.50. The van der Waals surface area contributed by atoms with Crippen LogP contribution in [0.2, 0.25) is 0 Å². The first-order chi connectivity index (χ1) is 6.57. The van der Waals surface area contributed by atoms with E-state index >= 15 is 0 Å². The van der Waals surface area contributed by atoms with Crippen molar-refractivity contribution < 1.29 is 13.5 Å². The summed E-state index contributed by atoms with van der Waals surface area (Å²) < 4.78 is 29.7. The van der Waals surface area contributed by atoms with Crippen molar-refractivity contribution >= 4 is 0 Å². The van der Waals surface area contributed by atoms with E-state index in [1.165, 1.54) is 7.11 Å². The maximum absolute atomic E-state index is 12.4. The molecule has 0 aliphatic heterocycles. The third kappa shape index (κ3) is 2.01. The van der Waals surface area contributed by atoms with E-state index in [9.17, 15) is 8.78 Å². The SMILES string of the molecule is COc1cccc(C(N)C(F)F)c1C. The molecular weight excluding hydrogens is 188 g/mol. The number of alkyl halides is 2. The second kappa shape index (κ2) is 4.37. The van der Waals surface area contributed by atoms with Crippen LogP contribution in [0.4, 0.5) is 8.78 Å². The van der Waals surface area contributed by atoms with Gasteiger partial charge in [-0.1, -0.05) is 12.1 Å². The molecule has 4 heteroatoms. The van der Waals surface area contributed by atoms with Gasteiger partial charge in [-0.2, -0.15) is 0 Å². The smallest absolute Gasteiger partial charge is 0.257 e. The van der Waals surface area contributed by atoms with Gasteiger partial charge in [0, 0.05) is 0 Å². The summed E-state index contributed by atoms with van der Waals surface area (Å²) in [5.74, 6) is 0.582. The molecule has 0 bridgehead atoms. The van der Waals surface area contributed by atoms with Crippen LogP contribution in [0.1, 0.15) is 17.2 Å². The Kier molecular flexibility index (Phi) is 3.41. The van der Waals surface area contributed by atoms with Crippen LogP contribution in [0.5, 0.6) is 5.75 Å². The number of ether oxygens (including phenoxy) is 1. The summed E-state index contributed by atoms with van der Waals surface area (Å²) in [6, 6.07) is 3.72. The Morgan fingerprint density at radius 1 is 1.36 bits per heavy atom. The predicted molar refractivity (Wildman–Crippen MR) is 50.7 cm³/mol. The summed E-state index contributed by atoms with van der Waals surface area (Å²) in [4.78, 5) is 0. The fourth-order valence-electron chi connectivity index (χ4n) is 1.35. The number of nitrogens with two attached hydrogens (primary N) is 1. The van der Waals surface area contributed by atoms with Crippen molar-refractivity contribution in [2.45, 2.75) is 19.4 Å². The van der Waals surface area contributed by atoms with E-state index in [1.54, 1.807) is 25.1 Å². The molecule has 1 unspecified atom stereocenters. The molecule has 1 aromatic carbocycles. The molecule has 2 N–H and O–H groups in total. The number of halogens is 2. The van der Waals surface area contributed by atoms with Crippen molar-refractivity contribution in [3.05, 3.63) is 29.3 Å². The third-order valence-electron chi connectivity index (χ3n) is 2.18. The number of methoxy groups -OCH3 is 1. The van der Waals surface area contributed by atoms with Crippen molar-refractivity contribution in [3.8, 4) is 5.75 Å². The molecule has 2 nitrogen and oxygen atoms in total. The second-order valence-corrected chi connectivity index (χ2v) is 3.03. The highest BCUT2D eigenvalue weighted by Gasteiger charge is 2.20. The number of hydrogen-bond donors (Lipinski definition) is 1. The number of benzene rings is 1. The molecule has 0 aliphatic carbocycles. The molecule has 0 heterocycles. The molecule has 0 saturated heterocycles. The van der Waals surface area contributed by atoms with E-state index in [2.05, 4.69) is 0 Å². The first kappa shape index (κ1) is 10.9. The van der Waals surface area contributed by atoms with Gasteiger partial charge in [-0.3, -0.25) is 0 Å². The average Bonchev–Trinajstić information content (AvgIpc) is 2.17. The topological polar surface area (TPSA) is 35.2 Å². The van der Waals surface area contributed by atoms with Crippen molar-refractivity contribution in [1.29, 1.82) is 0 Å². The van der Waals surface area contributed by atoms with E-state index in [1.807, 2.05) is 0 Å². The number of rotatable bonds is 3. The van der Waals surface area contributed by atoms with Gasteiger partial charge in [0.1, 0.15) is 5.75 Å². The lowest BCUT2D eigenvalue weighted by atomic mass is 10.0. The van der Waals surface area contributed by atoms with Crippen LogP contribution in [-0.4, -0.2) is 13.5 Å². The Morgan fingerprint density at radius 2 is 2.00 bits per heavy atom. The molecule has 1 rings (SSSR count). The van der Waals surface area contributed by atoms with Gasteiger partial charge in [0.15, 0.2) is 0 Å². The molecule has 0 aromatic heterocycles. The molecule has 1 aromatic rings. The summed E-state index contributed by atoms with van der Waals surface area (Å²) in [5.41, 5.74) is 6.46. The van der Waals surface area contributed by atoms with Crippen molar-refractivity contribution in [3.63, 3.8) is 0 Å². The van der Waals surface area contributed by atoms with E-state index in [4.69, 9.17) is 10.5 Å². The van der Waals surface area contributed by atoms with Crippen LogP contribution in [-0.2, 0) is 0 Å². The van der Waals surface area contributed by atoms with Crippen LogP contribution in [0, 0.1) is 6.92 Å². The zero-order valence-electron chi connectivity index (χ0n) is 8.13. The van der Waals surface area contributed by atoms with Gasteiger partial charge in [0.2, 0.25) is 0 Å². The molecule has 0 saturated carbocycles. The highest BCUT2D eigenvalue weighted by atomic mass is 19.3. The van der Waals surface area contributed by atoms with Crippen LogP contribution >= 0.6 is 0 Å². The van der Waals surface area contributed by atoms with Gasteiger partial charge in [-0.15, -0.1) is 0 Å². The van der Waals surface area contributed by atoms with Crippen molar-refractivity contribution in [1.82, 2.24) is 0 Å². The van der Waals surface area contributed by atoms with Gasteiger partial charge < -0.3 is 10.5 Å². The van der Waals surface area contributed by atoms with E-state index in [0.717, 1.165) is 0 Å². The van der Waals surface area contributed by atoms with Crippen molar-refractivity contribution in [2.24, 2.45) is 5.73 Å². The molecular formula is C10H13F2NO. The Hall–Kier alpha value is -1.16. The Bertz CT molecular complexity index is 315. The maximum Gasteiger partial charge on any atom is 0.257 e. The van der Waals surface area contributed by atoms with Crippen molar-refractivity contribution in [2.75, 3.05) is 7.11 Å². The van der Waals surface area contributed by atoms with Gasteiger partial charge in [-0.05, 0) is 24.1 Å². The fraction of sp³-hybridized carbons (Fsp3) is 0.400. The number of hydrogen-bond acceptors (Lipinski definition) is 2. The highest BCUT2D eigenvalue weighted by Crippen LogP contribution is 2.27.